The molecule has 13 rings (SSSR count). The first-order chi connectivity index (χ1) is 36.2. The van der Waals surface area contributed by atoms with Gasteiger partial charge in [-0.05, 0) is 113 Å². The lowest BCUT2D eigenvalue weighted by Crippen LogP contribution is -2.28. The summed E-state index contributed by atoms with van der Waals surface area (Å²) in [5, 5.41) is 0. The van der Waals surface area contributed by atoms with Crippen molar-refractivity contribution in [1.82, 2.24) is 9.97 Å². The minimum absolute atomic E-state index is 0.501. The number of rotatable bonds is 10. The van der Waals surface area contributed by atoms with Crippen molar-refractivity contribution < 1.29 is 0 Å². The molecule has 1 aliphatic carbocycles. The third-order valence-corrected chi connectivity index (χ3v) is 14.6. The van der Waals surface area contributed by atoms with E-state index in [4.69, 9.17) is 9.97 Å². The molecule has 0 spiro atoms. The highest BCUT2D eigenvalue weighted by atomic mass is 14.9. The number of benzene rings is 11. The average Bonchev–Trinajstić information content (AvgIpc) is 3.78. The summed E-state index contributed by atoms with van der Waals surface area (Å²) >= 11 is 0. The van der Waals surface area contributed by atoms with Crippen LogP contribution >= 0.6 is 0 Å². The van der Waals surface area contributed by atoms with E-state index < -0.39 is 5.41 Å². The molecule has 1 aromatic heterocycles. The summed E-state index contributed by atoms with van der Waals surface area (Å²) in [6.45, 7) is 0. The maximum absolute atomic E-state index is 5.59. The molecule has 11 aromatic carbocycles. The van der Waals surface area contributed by atoms with Crippen molar-refractivity contribution >= 4 is 0 Å². The van der Waals surface area contributed by atoms with Gasteiger partial charge in [0.1, 0.15) is 0 Å². The molecule has 0 fully saturated rings. The van der Waals surface area contributed by atoms with Crippen molar-refractivity contribution in [3.63, 3.8) is 0 Å². The molecule has 0 aliphatic heterocycles. The molecule has 2 nitrogen and oxygen atoms in total. The summed E-state index contributed by atoms with van der Waals surface area (Å²) in [7, 11) is 0. The molecule has 0 saturated carbocycles. The van der Waals surface area contributed by atoms with Crippen LogP contribution < -0.4 is 0 Å². The molecule has 73 heavy (non-hydrogen) atoms. The van der Waals surface area contributed by atoms with Crippen molar-refractivity contribution in [2.45, 2.75) is 5.41 Å². The van der Waals surface area contributed by atoms with Crippen LogP contribution in [0.2, 0.25) is 0 Å². The molecule has 0 atom stereocenters. The Morgan fingerprint density at radius 3 is 1.16 bits per heavy atom. The fourth-order valence-electron chi connectivity index (χ4n) is 11.2. The Bertz CT molecular complexity index is 3750. The van der Waals surface area contributed by atoms with Gasteiger partial charge in [0.2, 0.25) is 0 Å². The molecule has 12 aromatic rings. The second-order valence-electron chi connectivity index (χ2n) is 18.8. The first-order valence-corrected chi connectivity index (χ1v) is 25.0. The normalized spacial score (nSPS) is 12.2. The molecule has 0 N–H and O–H groups in total. The summed E-state index contributed by atoms with van der Waals surface area (Å²) in [4.78, 5) is 11.0. The van der Waals surface area contributed by atoms with E-state index in [1.807, 2.05) is 0 Å². The van der Waals surface area contributed by atoms with Crippen molar-refractivity contribution in [2.75, 3.05) is 0 Å². The molecule has 0 amide bonds. The zero-order valence-corrected chi connectivity index (χ0v) is 40.1. The Hall–Kier alpha value is -9.50. The quantitative estimate of drug-likeness (QED) is 0.137. The zero-order valence-electron chi connectivity index (χ0n) is 40.1. The van der Waals surface area contributed by atoms with Gasteiger partial charge in [-0.25, -0.2) is 9.97 Å². The fourth-order valence-corrected chi connectivity index (χ4v) is 11.2. The van der Waals surface area contributed by atoms with Crippen molar-refractivity contribution in [3.8, 4) is 101 Å². The molecule has 1 heterocycles. The summed E-state index contributed by atoms with van der Waals surface area (Å²) < 4.78 is 0. The highest BCUT2D eigenvalue weighted by Crippen LogP contribution is 2.57. The number of hydrogen-bond acceptors (Lipinski definition) is 2. The van der Waals surface area contributed by atoms with Gasteiger partial charge < -0.3 is 0 Å². The van der Waals surface area contributed by atoms with Crippen LogP contribution in [0.3, 0.4) is 0 Å². The van der Waals surface area contributed by atoms with Gasteiger partial charge in [0.25, 0.3) is 0 Å². The van der Waals surface area contributed by atoms with E-state index in [0.29, 0.717) is 5.82 Å². The fraction of sp³-hybridized carbons (Fsp3) is 0.0141. The largest absolute Gasteiger partial charge is 0.228 e. The summed E-state index contributed by atoms with van der Waals surface area (Å²) in [6.07, 6.45) is 0. The zero-order chi connectivity index (χ0) is 48.6. The monoisotopic (exact) mass is 928 g/mol. The lowest BCUT2D eigenvalue weighted by molar-refractivity contribution is 0.768. The predicted octanol–water partition coefficient (Wildman–Crippen LogP) is 18.2. The maximum atomic E-state index is 5.59. The van der Waals surface area contributed by atoms with E-state index in [2.05, 4.69) is 291 Å². The molecule has 342 valence electrons. The van der Waals surface area contributed by atoms with Crippen molar-refractivity contribution in [3.05, 3.63) is 313 Å². The Balaban J connectivity index is 1.06. The SMILES string of the molecule is c1ccc(-c2ccc(-c3cc(-c4cc(-c5ccccc5)cc(-c5ccc6c(c5)-c5ccccc5C6(c5ccccc5)c5ccccc5)c4-c4ccccc4)nc(-c4ccc(-c5ccccc5)cc4)n3)cc2)cc1. The molecule has 0 saturated heterocycles. The Morgan fingerprint density at radius 2 is 0.603 bits per heavy atom. The first-order valence-electron chi connectivity index (χ1n) is 25.0. The van der Waals surface area contributed by atoms with E-state index in [9.17, 15) is 0 Å². The lowest BCUT2D eigenvalue weighted by atomic mass is 9.67. The minimum atomic E-state index is -0.501. The predicted molar refractivity (Wildman–Crippen MR) is 303 cm³/mol. The number of hydrogen-bond donors (Lipinski definition) is 0. The summed E-state index contributed by atoms with van der Waals surface area (Å²) in [5.41, 5.74) is 23.1. The molecule has 0 radical (unpaired) electrons. The van der Waals surface area contributed by atoms with Crippen LogP contribution in [0.25, 0.3) is 101 Å². The molecule has 0 unspecified atom stereocenters. The minimum Gasteiger partial charge on any atom is -0.228 e. The van der Waals surface area contributed by atoms with Gasteiger partial charge in [-0.3, -0.25) is 0 Å². The van der Waals surface area contributed by atoms with Crippen LogP contribution in [-0.4, -0.2) is 9.97 Å². The highest BCUT2D eigenvalue weighted by molar-refractivity contribution is 5.99. The van der Waals surface area contributed by atoms with Gasteiger partial charge in [-0.1, -0.05) is 267 Å². The number of nitrogens with zero attached hydrogens (tertiary/aromatic N) is 2. The van der Waals surface area contributed by atoms with E-state index >= 15 is 0 Å². The van der Waals surface area contributed by atoms with Crippen LogP contribution in [0.15, 0.2) is 291 Å². The number of fused-ring (bicyclic) bond motifs is 3. The van der Waals surface area contributed by atoms with Gasteiger partial charge in [0.05, 0.1) is 16.8 Å². The van der Waals surface area contributed by atoms with Crippen molar-refractivity contribution in [2.24, 2.45) is 0 Å². The van der Waals surface area contributed by atoms with Crippen molar-refractivity contribution in [1.29, 1.82) is 0 Å². The van der Waals surface area contributed by atoms with Crippen LogP contribution in [0.4, 0.5) is 0 Å². The third kappa shape index (κ3) is 7.87. The second kappa shape index (κ2) is 18.7. The molecule has 0 bridgehead atoms. The Labute approximate surface area is 427 Å². The smallest absolute Gasteiger partial charge is 0.160 e. The Morgan fingerprint density at radius 1 is 0.219 bits per heavy atom. The van der Waals surface area contributed by atoms with Crippen LogP contribution in [0.1, 0.15) is 22.3 Å². The van der Waals surface area contributed by atoms with Gasteiger partial charge in [0, 0.05) is 16.7 Å². The number of aromatic nitrogens is 2. The molecular formula is C71H48N2. The van der Waals surface area contributed by atoms with Gasteiger partial charge >= 0.3 is 0 Å². The molecule has 2 heteroatoms. The van der Waals surface area contributed by atoms with E-state index in [1.165, 1.54) is 44.5 Å². The second-order valence-corrected chi connectivity index (χ2v) is 18.8. The maximum Gasteiger partial charge on any atom is 0.160 e. The van der Waals surface area contributed by atoms with Gasteiger partial charge in [-0.15, -0.1) is 0 Å². The highest BCUT2D eigenvalue weighted by Gasteiger charge is 2.46. The first kappa shape index (κ1) is 43.5. The van der Waals surface area contributed by atoms with E-state index in [0.717, 1.165) is 72.6 Å². The standard InChI is InChI=1S/C71H48N2/c1-7-21-49(22-8-1)52-35-39-54(40-36-52)67-48-68(73-70(72-67)56-41-37-53(38-42-56)50-23-9-2-10-24-50)64-47-58(51-25-11-3-12-26-51)46-62(69(64)55-27-13-4-14-28-55)57-43-44-66-63(45-57)61-33-19-20-34-65(61)71(66,59-29-15-5-16-30-59)60-31-17-6-18-32-60/h1-48H. The van der Waals surface area contributed by atoms with Gasteiger partial charge in [-0.2, -0.15) is 0 Å². The lowest BCUT2D eigenvalue weighted by Gasteiger charge is -2.34. The van der Waals surface area contributed by atoms with E-state index in [-0.39, 0.29) is 0 Å². The topological polar surface area (TPSA) is 25.8 Å². The van der Waals surface area contributed by atoms with Crippen LogP contribution in [0, 0.1) is 0 Å². The summed E-state index contributed by atoms with van der Waals surface area (Å²) in [6, 6.07) is 105. The van der Waals surface area contributed by atoms with Crippen LogP contribution in [-0.2, 0) is 5.41 Å². The summed E-state index contributed by atoms with van der Waals surface area (Å²) in [5.74, 6) is 0.664. The Kier molecular flexibility index (Phi) is 11.1. The molecular weight excluding hydrogens is 881 g/mol. The average molecular weight is 929 g/mol. The van der Waals surface area contributed by atoms with E-state index in [1.54, 1.807) is 0 Å². The third-order valence-electron chi connectivity index (χ3n) is 14.6. The molecule has 1 aliphatic rings. The van der Waals surface area contributed by atoms with Crippen LogP contribution in [0.5, 0.6) is 0 Å². The van der Waals surface area contributed by atoms with Gasteiger partial charge in [0.15, 0.2) is 5.82 Å².